The summed E-state index contributed by atoms with van der Waals surface area (Å²) in [5.41, 5.74) is 10.7. The van der Waals surface area contributed by atoms with E-state index in [4.69, 9.17) is 0 Å². The van der Waals surface area contributed by atoms with Gasteiger partial charge in [0.2, 0.25) is 0 Å². The molecule has 0 unspecified atom stereocenters. The number of benzene rings is 7. The summed E-state index contributed by atoms with van der Waals surface area (Å²) in [6.45, 7) is 0. The standard InChI is InChI=1S/C40H29N/c1-4-12-30(13-5-1)31-20-25-36(26-21-31)41(35-17-8-3-9-18-35)37-27-22-33(23-28-37)39-29-24-32-14-10-11-19-38(32)40(39)34-15-6-2-7-16-34/h1-29H. The molecule has 7 aromatic carbocycles. The normalized spacial score (nSPS) is 10.9. The van der Waals surface area contributed by atoms with Crippen molar-refractivity contribution >= 4 is 27.8 Å². The van der Waals surface area contributed by atoms with Crippen LogP contribution in [0.1, 0.15) is 0 Å². The molecule has 0 fully saturated rings. The van der Waals surface area contributed by atoms with Crippen LogP contribution in [0.25, 0.3) is 44.2 Å². The minimum Gasteiger partial charge on any atom is -0.311 e. The number of hydrogen-bond donors (Lipinski definition) is 0. The second kappa shape index (κ2) is 11.0. The van der Waals surface area contributed by atoms with Crippen LogP contribution in [0, 0.1) is 0 Å². The van der Waals surface area contributed by atoms with Gasteiger partial charge in [0.15, 0.2) is 0 Å². The van der Waals surface area contributed by atoms with Gasteiger partial charge >= 0.3 is 0 Å². The van der Waals surface area contributed by atoms with Crippen LogP contribution >= 0.6 is 0 Å². The fourth-order valence-electron chi connectivity index (χ4n) is 5.68. The van der Waals surface area contributed by atoms with Crippen LogP contribution in [0.5, 0.6) is 0 Å². The lowest BCUT2D eigenvalue weighted by Crippen LogP contribution is -2.09. The number of hydrogen-bond acceptors (Lipinski definition) is 1. The quantitative estimate of drug-likeness (QED) is 0.209. The monoisotopic (exact) mass is 523 g/mol. The van der Waals surface area contributed by atoms with Crippen molar-refractivity contribution in [2.45, 2.75) is 0 Å². The Bertz CT molecular complexity index is 1890. The van der Waals surface area contributed by atoms with Crippen LogP contribution in [0.15, 0.2) is 176 Å². The van der Waals surface area contributed by atoms with E-state index in [1.165, 1.54) is 44.2 Å². The molecule has 0 aliphatic heterocycles. The molecule has 0 aliphatic carbocycles. The van der Waals surface area contributed by atoms with Crippen molar-refractivity contribution in [1.82, 2.24) is 0 Å². The molecule has 0 radical (unpaired) electrons. The van der Waals surface area contributed by atoms with Gasteiger partial charge in [0.25, 0.3) is 0 Å². The summed E-state index contributed by atoms with van der Waals surface area (Å²) in [4.78, 5) is 2.32. The zero-order valence-electron chi connectivity index (χ0n) is 22.7. The summed E-state index contributed by atoms with van der Waals surface area (Å²) in [6, 6.07) is 62.8. The Morgan fingerprint density at radius 1 is 0.293 bits per heavy atom. The van der Waals surface area contributed by atoms with Crippen molar-refractivity contribution in [2.75, 3.05) is 4.90 Å². The number of rotatable bonds is 6. The Balaban J connectivity index is 1.31. The minimum atomic E-state index is 1.12. The van der Waals surface area contributed by atoms with E-state index in [1.54, 1.807) is 0 Å². The van der Waals surface area contributed by atoms with Gasteiger partial charge in [-0.15, -0.1) is 0 Å². The molecule has 41 heavy (non-hydrogen) atoms. The van der Waals surface area contributed by atoms with Gasteiger partial charge in [-0.25, -0.2) is 0 Å². The average Bonchev–Trinajstić information content (AvgIpc) is 3.06. The topological polar surface area (TPSA) is 3.24 Å². The maximum absolute atomic E-state index is 2.32. The van der Waals surface area contributed by atoms with Gasteiger partial charge in [0.1, 0.15) is 0 Å². The van der Waals surface area contributed by atoms with E-state index in [0.29, 0.717) is 0 Å². The summed E-state index contributed by atoms with van der Waals surface area (Å²) in [6.07, 6.45) is 0. The first-order valence-corrected chi connectivity index (χ1v) is 14.0. The summed E-state index contributed by atoms with van der Waals surface area (Å²) in [5.74, 6) is 0. The predicted octanol–water partition coefficient (Wildman–Crippen LogP) is 11.3. The van der Waals surface area contributed by atoms with Gasteiger partial charge in [-0.3, -0.25) is 0 Å². The molecule has 0 amide bonds. The molecule has 0 saturated heterocycles. The summed E-state index contributed by atoms with van der Waals surface area (Å²) < 4.78 is 0. The molecular formula is C40H29N. The fraction of sp³-hybridized carbons (Fsp3) is 0. The number of fused-ring (bicyclic) bond motifs is 1. The Kier molecular flexibility index (Phi) is 6.61. The molecule has 194 valence electrons. The van der Waals surface area contributed by atoms with Crippen LogP contribution in [0.4, 0.5) is 17.1 Å². The van der Waals surface area contributed by atoms with Crippen molar-refractivity contribution in [3.63, 3.8) is 0 Å². The van der Waals surface area contributed by atoms with Crippen molar-refractivity contribution in [3.8, 4) is 33.4 Å². The van der Waals surface area contributed by atoms with Crippen LogP contribution in [0.3, 0.4) is 0 Å². The van der Waals surface area contributed by atoms with E-state index in [1.807, 2.05) is 0 Å². The summed E-state index contributed by atoms with van der Waals surface area (Å²) in [5, 5.41) is 2.52. The van der Waals surface area contributed by atoms with Crippen molar-refractivity contribution < 1.29 is 0 Å². The van der Waals surface area contributed by atoms with Gasteiger partial charge in [-0.2, -0.15) is 0 Å². The van der Waals surface area contributed by atoms with Gasteiger partial charge < -0.3 is 4.90 Å². The molecule has 1 nitrogen and oxygen atoms in total. The SMILES string of the molecule is c1ccc(-c2ccc(N(c3ccccc3)c3ccc(-c4ccc5ccccc5c4-c4ccccc4)cc3)cc2)cc1. The first-order valence-electron chi connectivity index (χ1n) is 14.0. The Labute approximate surface area is 241 Å². The third kappa shape index (κ3) is 4.90. The van der Waals surface area contributed by atoms with Gasteiger partial charge in [-0.1, -0.05) is 140 Å². The largest absolute Gasteiger partial charge is 0.311 e. The third-order valence-electron chi connectivity index (χ3n) is 7.68. The molecule has 0 atom stereocenters. The number of para-hydroxylation sites is 1. The molecule has 7 aromatic rings. The molecule has 7 rings (SSSR count). The molecule has 0 N–H and O–H groups in total. The molecule has 0 spiro atoms. The third-order valence-corrected chi connectivity index (χ3v) is 7.68. The van der Waals surface area contributed by atoms with Crippen molar-refractivity contribution in [2.24, 2.45) is 0 Å². The van der Waals surface area contributed by atoms with E-state index in [-0.39, 0.29) is 0 Å². The predicted molar refractivity (Wildman–Crippen MR) is 175 cm³/mol. The Hall–Kier alpha value is -5.40. The highest BCUT2D eigenvalue weighted by Gasteiger charge is 2.15. The highest BCUT2D eigenvalue weighted by atomic mass is 15.1. The second-order valence-corrected chi connectivity index (χ2v) is 10.2. The van der Waals surface area contributed by atoms with E-state index in [0.717, 1.165) is 17.1 Å². The minimum absolute atomic E-state index is 1.12. The molecule has 0 bridgehead atoms. The zero-order chi connectivity index (χ0) is 27.4. The molecule has 0 saturated carbocycles. The Morgan fingerprint density at radius 3 is 1.39 bits per heavy atom. The number of nitrogens with zero attached hydrogens (tertiary/aromatic N) is 1. The van der Waals surface area contributed by atoms with Crippen molar-refractivity contribution in [1.29, 1.82) is 0 Å². The highest BCUT2D eigenvalue weighted by Crippen LogP contribution is 2.40. The Morgan fingerprint density at radius 2 is 0.756 bits per heavy atom. The molecule has 0 aromatic heterocycles. The van der Waals surface area contributed by atoms with Crippen molar-refractivity contribution in [3.05, 3.63) is 176 Å². The lowest BCUT2D eigenvalue weighted by molar-refractivity contribution is 1.28. The van der Waals surface area contributed by atoms with E-state index < -0.39 is 0 Å². The molecule has 0 aliphatic rings. The van der Waals surface area contributed by atoms with E-state index in [9.17, 15) is 0 Å². The lowest BCUT2D eigenvalue weighted by atomic mass is 9.90. The highest BCUT2D eigenvalue weighted by molar-refractivity contribution is 6.04. The zero-order valence-corrected chi connectivity index (χ0v) is 22.7. The van der Waals surface area contributed by atoms with Crippen LogP contribution in [-0.4, -0.2) is 0 Å². The second-order valence-electron chi connectivity index (χ2n) is 10.2. The van der Waals surface area contributed by atoms with Crippen LogP contribution in [-0.2, 0) is 0 Å². The summed E-state index contributed by atoms with van der Waals surface area (Å²) in [7, 11) is 0. The summed E-state index contributed by atoms with van der Waals surface area (Å²) >= 11 is 0. The smallest absolute Gasteiger partial charge is 0.0462 e. The molecular weight excluding hydrogens is 494 g/mol. The van der Waals surface area contributed by atoms with E-state index >= 15 is 0 Å². The van der Waals surface area contributed by atoms with Gasteiger partial charge in [-0.05, 0) is 80.6 Å². The fourth-order valence-corrected chi connectivity index (χ4v) is 5.68. The lowest BCUT2D eigenvalue weighted by Gasteiger charge is -2.26. The van der Waals surface area contributed by atoms with Gasteiger partial charge in [0.05, 0.1) is 0 Å². The first-order chi connectivity index (χ1) is 20.3. The molecule has 0 heterocycles. The maximum Gasteiger partial charge on any atom is 0.0462 e. The van der Waals surface area contributed by atoms with E-state index in [2.05, 4.69) is 181 Å². The van der Waals surface area contributed by atoms with Crippen LogP contribution in [0.2, 0.25) is 0 Å². The molecule has 1 heteroatoms. The number of anilines is 3. The average molecular weight is 524 g/mol. The maximum atomic E-state index is 2.32. The van der Waals surface area contributed by atoms with Gasteiger partial charge in [0, 0.05) is 17.1 Å². The van der Waals surface area contributed by atoms with Crippen LogP contribution < -0.4 is 4.90 Å². The first kappa shape index (κ1) is 24.6.